The molecule has 0 unspecified atom stereocenters. The Morgan fingerprint density at radius 1 is 1.13 bits per heavy atom. The molecule has 1 fully saturated rings. The van der Waals surface area contributed by atoms with Gasteiger partial charge in [-0.05, 0) is 68.7 Å². The standard InChI is InChI=1S/C28H37F3N4O3/c1-20-10-12-34(13-11-20)14-15-38-25-9-8-21(16-26(25)37-3)17-33(2)18-22(36)19-35-24-7-5-4-6-23(24)32-27(35)28(29,30)31/h4-9,16,20,22,36H,10-15,17-19H2,1-3H3/t22-/m1/s1. The van der Waals surface area contributed by atoms with Gasteiger partial charge in [0, 0.05) is 19.6 Å². The SMILES string of the molecule is COc1cc(CN(C)C[C@@H](O)Cn2c(C(F)(F)F)nc3ccccc32)ccc1OCCN1CCC(C)CC1. The molecule has 0 bridgehead atoms. The molecule has 7 nitrogen and oxygen atoms in total. The van der Waals surface area contributed by atoms with Crippen molar-refractivity contribution in [1.82, 2.24) is 19.4 Å². The van der Waals surface area contributed by atoms with Crippen LogP contribution in [0.4, 0.5) is 13.2 Å². The fourth-order valence-corrected chi connectivity index (χ4v) is 4.98. The fourth-order valence-electron chi connectivity index (χ4n) is 4.98. The molecule has 1 saturated heterocycles. The minimum atomic E-state index is -4.61. The third-order valence-electron chi connectivity index (χ3n) is 7.05. The zero-order chi connectivity index (χ0) is 27.3. The van der Waals surface area contributed by atoms with Crippen molar-refractivity contribution in [2.45, 2.75) is 45.1 Å². The number of aliphatic hydroxyl groups excluding tert-OH is 1. The first-order valence-electron chi connectivity index (χ1n) is 13.0. The molecule has 4 rings (SSSR count). The van der Waals surface area contributed by atoms with Gasteiger partial charge in [-0.3, -0.25) is 9.80 Å². The molecule has 1 N–H and O–H groups in total. The molecule has 3 aromatic rings. The Morgan fingerprint density at radius 3 is 2.58 bits per heavy atom. The second-order valence-electron chi connectivity index (χ2n) is 10.2. The maximum Gasteiger partial charge on any atom is 0.449 e. The number of rotatable bonds is 11. The van der Waals surface area contributed by atoms with E-state index in [9.17, 15) is 18.3 Å². The Hall–Kier alpha value is -2.82. The van der Waals surface area contributed by atoms with Crippen LogP contribution in [0.15, 0.2) is 42.5 Å². The quantitative estimate of drug-likeness (QED) is 0.386. The predicted molar refractivity (Wildman–Crippen MR) is 140 cm³/mol. The highest BCUT2D eigenvalue weighted by Crippen LogP contribution is 2.32. The molecule has 2 aromatic carbocycles. The first kappa shape index (κ1) is 28.2. The van der Waals surface area contributed by atoms with Crippen LogP contribution in [0, 0.1) is 5.92 Å². The van der Waals surface area contributed by atoms with Crippen molar-refractivity contribution in [3.8, 4) is 11.5 Å². The van der Waals surface area contributed by atoms with E-state index in [2.05, 4.69) is 16.8 Å². The van der Waals surface area contributed by atoms with Crippen LogP contribution in [0.5, 0.6) is 11.5 Å². The average Bonchev–Trinajstić information content (AvgIpc) is 3.24. The summed E-state index contributed by atoms with van der Waals surface area (Å²) in [6.07, 6.45) is -3.19. The molecule has 0 saturated carbocycles. The zero-order valence-electron chi connectivity index (χ0n) is 22.2. The molecule has 1 aliphatic rings. The Kier molecular flexibility index (Phi) is 9.17. The Balaban J connectivity index is 1.33. The lowest BCUT2D eigenvalue weighted by molar-refractivity contribution is -0.147. The maximum atomic E-state index is 13.6. The largest absolute Gasteiger partial charge is 0.493 e. The second kappa shape index (κ2) is 12.4. The van der Waals surface area contributed by atoms with Gasteiger partial charge in [0.25, 0.3) is 0 Å². The summed E-state index contributed by atoms with van der Waals surface area (Å²) in [5.41, 5.74) is 1.54. The first-order valence-corrected chi connectivity index (χ1v) is 13.0. The van der Waals surface area contributed by atoms with E-state index >= 15 is 0 Å². The number of benzene rings is 2. The molecule has 1 aliphatic heterocycles. The van der Waals surface area contributed by atoms with Gasteiger partial charge >= 0.3 is 6.18 Å². The number of likely N-dealkylation sites (N-methyl/N-ethyl adjacent to an activating group) is 1. The Labute approximate surface area is 221 Å². The van der Waals surface area contributed by atoms with Crippen molar-refractivity contribution >= 4 is 11.0 Å². The number of hydrogen-bond acceptors (Lipinski definition) is 6. The summed E-state index contributed by atoms with van der Waals surface area (Å²) < 4.78 is 53.3. The van der Waals surface area contributed by atoms with Gasteiger partial charge in [0.15, 0.2) is 11.5 Å². The van der Waals surface area contributed by atoms with Crippen molar-refractivity contribution in [3.05, 3.63) is 53.9 Å². The third-order valence-corrected chi connectivity index (χ3v) is 7.05. The van der Waals surface area contributed by atoms with Gasteiger partial charge in [-0.1, -0.05) is 25.1 Å². The van der Waals surface area contributed by atoms with Crippen molar-refractivity contribution in [2.75, 3.05) is 46.9 Å². The summed E-state index contributed by atoms with van der Waals surface area (Å²) in [6.45, 7) is 6.41. The summed E-state index contributed by atoms with van der Waals surface area (Å²) in [4.78, 5) is 8.03. The second-order valence-corrected chi connectivity index (χ2v) is 10.2. The number of aromatic nitrogens is 2. The van der Waals surface area contributed by atoms with Gasteiger partial charge in [0.05, 0.1) is 30.8 Å². The molecule has 1 aromatic heterocycles. The van der Waals surface area contributed by atoms with Crippen LogP contribution in [0.25, 0.3) is 11.0 Å². The monoisotopic (exact) mass is 534 g/mol. The molecule has 208 valence electrons. The van der Waals surface area contributed by atoms with E-state index < -0.39 is 18.1 Å². The van der Waals surface area contributed by atoms with Gasteiger partial charge in [0.2, 0.25) is 5.82 Å². The summed E-state index contributed by atoms with van der Waals surface area (Å²) in [5.74, 6) is 1.09. The number of para-hydroxylation sites is 2. The van der Waals surface area contributed by atoms with Gasteiger partial charge in [-0.15, -0.1) is 0 Å². The topological polar surface area (TPSA) is 63.0 Å². The van der Waals surface area contributed by atoms with Gasteiger partial charge < -0.3 is 19.1 Å². The smallest absolute Gasteiger partial charge is 0.449 e. The summed E-state index contributed by atoms with van der Waals surface area (Å²) in [6, 6.07) is 12.1. The lowest BCUT2D eigenvalue weighted by Crippen LogP contribution is -2.35. The molecule has 0 radical (unpaired) electrons. The fraction of sp³-hybridized carbons (Fsp3) is 0.536. The number of likely N-dealkylation sites (tertiary alicyclic amines) is 1. The van der Waals surface area contributed by atoms with Gasteiger partial charge in [0.1, 0.15) is 6.61 Å². The van der Waals surface area contributed by atoms with E-state index in [1.807, 2.05) is 30.1 Å². The van der Waals surface area contributed by atoms with Crippen LogP contribution in [-0.4, -0.2) is 77.5 Å². The van der Waals surface area contributed by atoms with Crippen LogP contribution in [0.2, 0.25) is 0 Å². The van der Waals surface area contributed by atoms with E-state index in [1.165, 1.54) is 18.9 Å². The van der Waals surface area contributed by atoms with E-state index in [0.717, 1.165) is 35.7 Å². The lowest BCUT2D eigenvalue weighted by Gasteiger charge is -2.30. The van der Waals surface area contributed by atoms with Crippen molar-refractivity contribution in [2.24, 2.45) is 5.92 Å². The number of aliphatic hydroxyl groups is 1. The molecular weight excluding hydrogens is 497 g/mol. The summed E-state index contributed by atoms with van der Waals surface area (Å²) in [7, 11) is 3.41. The van der Waals surface area contributed by atoms with Crippen LogP contribution in [-0.2, 0) is 19.3 Å². The van der Waals surface area contributed by atoms with Crippen LogP contribution in [0.1, 0.15) is 31.2 Å². The summed E-state index contributed by atoms with van der Waals surface area (Å²) in [5, 5.41) is 10.7. The molecular formula is C28H37F3N4O3. The van der Waals surface area contributed by atoms with E-state index in [1.54, 1.807) is 25.3 Å². The molecule has 0 amide bonds. The number of alkyl halides is 3. The molecule has 0 aliphatic carbocycles. The van der Waals surface area contributed by atoms with Crippen molar-refractivity contribution in [3.63, 3.8) is 0 Å². The van der Waals surface area contributed by atoms with Crippen LogP contribution >= 0.6 is 0 Å². The average molecular weight is 535 g/mol. The normalized spacial score (nSPS) is 16.3. The first-order chi connectivity index (χ1) is 18.1. The highest BCUT2D eigenvalue weighted by molar-refractivity contribution is 5.76. The number of halogens is 3. The number of hydrogen-bond donors (Lipinski definition) is 1. The van der Waals surface area contributed by atoms with Crippen LogP contribution < -0.4 is 9.47 Å². The van der Waals surface area contributed by atoms with E-state index in [-0.39, 0.29) is 18.6 Å². The van der Waals surface area contributed by atoms with E-state index in [0.29, 0.717) is 30.2 Å². The number of piperidine rings is 1. The zero-order valence-corrected chi connectivity index (χ0v) is 22.2. The number of methoxy groups -OCH3 is 1. The molecule has 0 spiro atoms. The van der Waals surface area contributed by atoms with E-state index in [4.69, 9.17) is 9.47 Å². The lowest BCUT2D eigenvalue weighted by atomic mass is 9.99. The maximum absolute atomic E-state index is 13.6. The molecule has 10 heteroatoms. The number of nitrogens with zero attached hydrogens (tertiary/aromatic N) is 4. The summed E-state index contributed by atoms with van der Waals surface area (Å²) >= 11 is 0. The van der Waals surface area contributed by atoms with Crippen molar-refractivity contribution in [1.29, 1.82) is 0 Å². The molecule has 1 atom stereocenters. The number of ether oxygens (including phenoxy) is 2. The highest BCUT2D eigenvalue weighted by atomic mass is 19.4. The third kappa shape index (κ3) is 7.18. The van der Waals surface area contributed by atoms with Crippen molar-refractivity contribution < 1.29 is 27.8 Å². The Morgan fingerprint density at radius 2 is 1.87 bits per heavy atom. The number of fused-ring (bicyclic) bond motifs is 1. The highest BCUT2D eigenvalue weighted by Gasteiger charge is 2.38. The van der Waals surface area contributed by atoms with Crippen LogP contribution in [0.3, 0.4) is 0 Å². The van der Waals surface area contributed by atoms with Gasteiger partial charge in [-0.25, -0.2) is 4.98 Å². The molecule has 38 heavy (non-hydrogen) atoms. The minimum absolute atomic E-state index is 0.179. The number of imidazole rings is 1. The van der Waals surface area contributed by atoms with Gasteiger partial charge in [-0.2, -0.15) is 13.2 Å². The predicted octanol–water partition coefficient (Wildman–Crippen LogP) is 4.67. The minimum Gasteiger partial charge on any atom is -0.493 e. The Bertz CT molecular complexity index is 1190. The molecule has 2 heterocycles.